The van der Waals surface area contributed by atoms with Crippen molar-refractivity contribution in [3.8, 4) is 6.07 Å². The first-order valence-electron chi connectivity index (χ1n) is 10.4. The number of halogens is 1. The van der Waals surface area contributed by atoms with Crippen LogP contribution in [0, 0.1) is 24.1 Å². The van der Waals surface area contributed by atoms with Gasteiger partial charge in [-0.1, -0.05) is 23.4 Å². The summed E-state index contributed by atoms with van der Waals surface area (Å²) in [6, 6.07) is 5.16. The molecule has 1 aromatic carbocycles. The summed E-state index contributed by atoms with van der Waals surface area (Å²) in [5, 5.41) is 22.3. The molecule has 178 valence electrons. The van der Waals surface area contributed by atoms with Crippen molar-refractivity contribution >= 4 is 23.0 Å². The van der Waals surface area contributed by atoms with Gasteiger partial charge in [0.15, 0.2) is 5.72 Å². The third-order valence-corrected chi connectivity index (χ3v) is 5.39. The van der Waals surface area contributed by atoms with E-state index in [2.05, 4.69) is 36.1 Å². The minimum Gasteiger partial charge on any atom is -0.358 e. The lowest BCUT2D eigenvalue weighted by Gasteiger charge is -2.42. The molecule has 0 spiro atoms. The van der Waals surface area contributed by atoms with E-state index in [1.54, 1.807) is 25.2 Å². The van der Waals surface area contributed by atoms with Gasteiger partial charge in [-0.2, -0.15) is 10.2 Å². The first-order valence-corrected chi connectivity index (χ1v) is 10.4. The van der Waals surface area contributed by atoms with Gasteiger partial charge in [-0.15, -0.1) is 0 Å². The van der Waals surface area contributed by atoms with E-state index in [9.17, 15) is 14.4 Å². The molecule has 0 radical (unpaired) electrons. The molecule has 3 aromatic rings. The minimum absolute atomic E-state index is 0.143. The monoisotopic (exact) mass is 476 g/mol. The van der Waals surface area contributed by atoms with Crippen molar-refractivity contribution in [3.05, 3.63) is 77.6 Å². The molecule has 4 rings (SSSR count). The quantitative estimate of drug-likeness (QED) is 0.434. The SMILES string of the molecule is CNC(=O)c1cncnc1NC1C=CC=C(c2noc(C)n2)C1(Nc1ccc(F)c(C#N)c1)OC. The van der Waals surface area contributed by atoms with Crippen LogP contribution in [0.25, 0.3) is 5.57 Å². The van der Waals surface area contributed by atoms with Crippen molar-refractivity contribution in [2.45, 2.75) is 18.7 Å². The van der Waals surface area contributed by atoms with Gasteiger partial charge in [-0.25, -0.2) is 14.4 Å². The van der Waals surface area contributed by atoms with Crippen LogP contribution in [0.15, 0.2) is 53.5 Å². The van der Waals surface area contributed by atoms with E-state index in [1.165, 1.54) is 44.9 Å². The standard InChI is InChI=1S/C23H21FN8O3/c1-13-29-21(32-35-13)17-5-4-6-19(30-20-16(22(33)26-2)11-27-12-28-20)23(17,34-3)31-15-7-8-18(24)14(9-15)10-25/h4-9,11-12,19,31H,1-3H3,(H,26,33)(H,27,28,30). The van der Waals surface area contributed by atoms with Crippen LogP contribution in [0.5, 0.6) is 0 Å². The summed E-state index contributed by atoms with van der Waals surface area (Å²) < 4.78 is 25.2. The van der Waals surface area contributed by atoms with Gasteiger partial charge in [-0.05, 0) is 18.2 Å². The van der Waals surface area contributed by atoms with Crippen LogP contribution < -0.4 is 16.0 Å². The Bertz CT molecular complexity index is 1360. The number of methoxy groups -OCH3 is 1. The summed E-state index contributed by atoms with van der Waals surface area (Å²) in [6.45, 7) is 1.66. The van der Waals surface area contributed by atoms with Gasteiger partial charge in [0.2, 0.25) is 11.7 Å². The van der Waals surface area contributed by atoms with E-state index < -0.39 is 17.6 Å². The van der Waals surface area contributed by atoms with Gasteiger partial charge in [0.05, 0.1) is 22.7 Å². The number of ether oxygens (including phenoxy) is 1. The second-order valence-electron chi connectivity index (χ2n) is 7.46. The van der Waals surface area contributed by atoms with Crippen molar-refractivity contribution in [2.24, 2.45) is 0 Å². The lowest BCUT2D eigenvalue weighted by Crippen LogP contribution is -2.55. The Morgan fingerprint density at radius 1 is 1.37 bits per heavy atom. The number of hydrogen-bond acceptors (Lipinski definition) is 10. The number of aryl methyl sites for hydroxylation is 1. The second kappa shape index (κ2) is 9.70. The number of nitrogens with one attached hydrogen (secondary N) is 3. The fourth-order valence-corrected chi connectivity index (χ4v) is 3.72. The zero-order chi connectivity index (χ0) is 25.0. The molecule has 3 N–H and O–H groups in total. The van der Waals surface area contributed by atoms with Crippen molar-refractivity contribution in [1.82, 2.24) is 25.4 Å². The molecule has 12 heteroatoms. The Balaban J connectivity index is 1.82. The maximum absolute atomic E-state index is 14.0. The van der Waals surface area contributed by atoms with E-state index in [0.29, 0.717) is 17.2 Å². The number of nitriles is 1. The van der Waals surface area contributed by atoms with Crippen LogP contribution in [0.4, 0.5) is 15.9 Å². The zero-order valence-electron chi connectivity index (χ0n) is 19.0. The van der Waals surface area contributed by atoms with E-state index >= 15 is 0 Å². The second-order valence-corrected chi connectivity index (χ2v) is 7.46. The predicted octanol–water partition coefficient (Wildman–Crippen LogP) is 2.43. The van der Waals surface area contributed by atoms with Crippen LogP contribution in [0.1, 0.15) is 27.6 Å². The van der Waals surface area contributed by atoms with Crippen molar-refractivity contribution in [3.63, 3.8) is 0 Å². The van der Waals surface area contributed by atoms with E-state index in [4.69, 9.17) is 9.26 Å². The topological polar surface area (TPSA) is 151 Å². The molecule has 0 saturated carbocycles. The zero-order valence-corrected chi connectivity index (χ0v) is 19.0. The number of nitrogens with zero attached hydrogens (tertiary/aromatic N) is 5. The van der Waals surface area contributed by atoms with E-state index in [-0.39, 0.29) is 28.7 Å². The fourth-order valence-electron chi connectivity index (χ4n) is 3.72. The largest absolute Gasteiger partial charge is 0.358 e. The van der Waals surface area contributed by atoms with Crippen LogP contribution in [-0.2, 0) is 4.74 Å². The summed E-state index contributed by atoms with van der Waals surface area (Å²) >= 11 is 0. The summed E-state index contributed by atoms with van der Waals surface area (Å²) in [6.07, 6.45) is 8.00. The molecule has 0 bridgehead atoms. The molecule has 2 unspecified atom stereocenters. The number of anilines is 2. The van der Waals surface area contributed by atoms with Gasteiger partial charge in [0.1, 0.15) is 24.0 Å². The number of amides is 1. The molecule has 1 aliphatic rings. The Hall–Kier alpha value is -4.63. The number of aromatic nitrogens is 4. The van der Waals surface area contributed by atoms with Crippen molar-refractivity contribution in [2.75, 3.05) is 24.8 Å². The van der Waals surface area contributed by atoms with Gasteiger partial charge < -0.3 is 25.2 Å². The highest BCUT2D eigenvalue weighted by atomic mass is 19.1. The average Bonchev–Trinajstić information content (AvgIpc) is 3.31. The first kappa shape index (κ1) is 23.5. The lowest BCUT2D eigenvalue weighted by atomic mass is 9.88. The predicted molar refractivity (Wildman–Crippen MR) is 123 cm³/mol. The van der Waals surface area contributed by atoms with Crippen LogP contribution in [0.2, 0.25) is 0 Å². The number of allylic oxidation sites excluding steroid dienone is 2. The highest BCUT2D eigenvalue weighted by molar-refractivity contribution is 5.98. The molecule has 1 amide bonds. The van der Waals surface area contributed by atoms with Gasteiger partial charge >= 0.3 is 0 Å². The van der Waals surface area contributed by atoms with Crippen LogP contribution in [-0.4, -0.2) is 51.9 Å². The van der Waals surface area contributed by atoms with Crippen molar-refractivity contribution < 1.29 is 18.4 Å². The Labute approximate surface area is 199 Å². The van der Waals surface area contributed by atoms with Gasteiger partial charge in [0, 0.05) is 33.0 Å². The fraction of sp³-hybridized carbons (Fsp3) is 0.217. The maximum atomic E-state index is 14.0. The Morgan fingerprint density at radius 2 is 2.20 bits per heavy atom. The molecular formula is C23H21FN8O3. The number of carbonyl (C=O) groups is 1. The third-order valence-electron chi connectivity index (χ3n) is 5.39. The maximum Gasteiger partial charge on any atom is 0.256 e. The lowest BCUT2D eigenvalue weighted by molar-refractivity contribution is 0.0584. The molecule has 11 nitrogen and oxygen atoms in total. The van der Waals surface area contributed by atoms with Crippen molar-refractivity contribution in [1.29, 1.82) is 5.26 Å². The van der Waals surface area contributed by atoms with E-state index in [1.807, 2.05) is 6.07 Å². The molecule has 2 atom stereocenters. The Kier molecular flexibility index (Phi) is 6.52. The van der Waals surface area contributed by atoms with Crippen LogP contribution in [0.3, 0.4) is 0 Å². The number of benzene rings is 1. The van der Waals surface area contributed by atoms with E-state index in [0.717, 1.165) is 0 Å². The number of hydrogen-bond donors (Lipinski definition) is 3. The Morgan fingerprint density at radius 3 is 2.89 bits per heavy atom. The highest BCUT2D eigenvalue weighted by Gasteiger charge is 2.46. The minimum atomic E-state index is -1.40. The molecule has 2 aromatic heterocycles. The number of rotatable bonds is 7. The summed E-state index contributed by atoms with van der Waals surface area (Å²) in [4.78, 5) is 24.9. The summed E-state index contributed by atoms with van der Waals surface area (Å²) in [5.41, 5.74) is -0.452. The molecule has 0 aliphatic heterocycles. The molecule has 0 saturated heterocycles. The summed E-state index contributed by atoms with van der Waals surface area (Å²) in [7, 11) is 2.97. The molecule has 0 fully saturated rings. The molecule has 35 heavy (non-hydrogen) atoms. The molecular weight excluding hydrogens is 455 g/mol. The molecule has 2 heterocycles. The molecule has 1 aliphatic carbocycles. The average molecular weight is 476 g/mol. The van der Waals surface area contributed by atoms with Gasteiger partial charge in [0.25, 0.3) is 5.91 Å². The normalized spacial score (nSPS) is 18.9. The smallest absolute Gasteiger partial charge is 0.256 e. The van der Waals surface area contributed by atoms with Gasteiger partial charge in [-0.3, -0.25) is 4.79 Å². The highest BCUT2D eigenvalue weighted by Crippen LogP contribution is 2.38. The third kappa shape index (κ3) is 4.44. The number of carbonyl (C=O) groups excluding carboxylic acids is 1. The van der Waals surface area contributed by atoms with Crippen LogP contribution >= 0.6 is 0 Å². The first-order chi connectivity index (χ1) is 16.9. The summed E-state index contributed by atoms with van der Waals surface area (Å²) in [5.74, 6) is -0.185.